The molecule has 2 rings (SSSR count). The van der Waals surface area contributed by atoms with Crippen molar-refractivity contribution in [2.45, 2.75) is 18.4 Å². The lowest BCUT2D eigenvalue weighted by Gasteiger charge is -2.16. The van der Waals surface area contributed by atoms with Crippen molar-refractivity contribution in [3.63, 3.8) is 0 Å². The molecule has 80 valence electrons. The molecular formula is C10H13N3OS. The van der Waals surface area contributed by atoms with Crippen LogP contribution in [-0.2, 0) is 10.3 Å². The van der Waals surface area contributed by atoms with E-state index in [2.05, 4.69) is 16.5 Å². The minimum Gasteiger partial charge on any atom is -0.385 e. The molecule has 1 fully saturated rings. The number of aromatic nitrogens is 2. The Morgan fingerprint density at radius 3 is 3.00 bits per heavy atom. The zero-order valence-electron chi connectivity index (χ0n) is 8.32. The lowest BCUT2D eigenvalue weighted by molar-refractivity contribution is 0.0509. The highest BCUT2D eigenvalue weighted by Crippen LogP contribution is 2.50. The van der Waals surface area contributed by atoms with E-state index in [1.807, 2.05) is 0 Å². The molecule has 0 bridgehead atoms. The Hall–Kier alpha value is -1.20. The summed E-state index contributed by atoms with van der Waals surface area (Å²) < 4.78 is 6.10. The summed E-state index contributed by atoms with van der Waals surface area (Å²) in [7, 11) is 0. The Kier molecular flexibility index (Phi) is 2.58. The first-order chi connectivity index (χ1) is 7.18. The standard InChI is InChI=1S/C10H13N3OS/c1-2-5-14-10(3-4-10)7-6-12-9(15)13-8(7)11/h2,6H,1,3-5H2,(H3,11,12,13,15). The highest BCUT2D eigenvalue weighted by atomic mass is 32.1. The van der Waals surface area contributed by atoms with Gasteiger partial charge in [0.15, 0.2) is 4.77 Å². The molecule has 1 aliphatic rings. The second-order valence-electron chi connectivity index (χ2n) is 3.61. The summed E-state index contributed by atoms with van der Waals surface area (Å²) >= 11 is 4.89. The van der Waals surface area contributed by atoms with Crippen molar-refractivity contribution < 1.29 is 4.74 Å². The van der Waals surface area contributed by atoms with Crippen LogP contribution < -0.4 is 5.73 Å². The third-order valence-electron chi connectivity index (χ3n) is 2.52. The summed E-state index contributed by atoms with van der Waals surface area (Å²) in [6.45, 7) is 4.15. The van der Waals surface area contributed by atoms with Crippen molar-refractivity contribution in [1.82, 2.24) is 9.97 Å². The topological polar surface area (TPSA) is 63.9 Å². The molecule has 0 amide bonds. The zero-order valence-corrected chi connectivity index (χ0v) is 9.14. The van der Waals surface area contributed by atoms with Gasteiger partial charge in [-0.3, -0.25) is 0 Å². The summed E-state index contributed by atoms with van der Waals surface area (Å²) in [5, 5.41) is 0. The molecule has 15 heavy (non-hydrogen) atoms. The van der Waals surface area contributed by atoms with E-state index in [4.69, 9.17) is 22.7 Å². The van der Waals surface area contributed by atoms with Gasteiger partial charge in [0.2, 0.25) is 0 Å². The second kappa shape index (κ2) is 3.75. The van der Waals surface area contributed by atoms with Gasteiger partial charge in [-0.05, 0) is 25.1 Å². The summed E-state index contributed by atoms with van der Waals surface area (Å²) in [4.78, 5) is 6.86. The number of nitrogens with one attached hydrogen (secondary N) is 1. The quantitative estimate of drug-likeness (QED) is 0.604. The molecule has 0 radical (unpaired) electrons. The van der Waals surface area contributed by atoms with Crippen molar-refractivity contribution in [1.29, 1.82) is 0 Å². The van der Waals surface area contributed by atoms with Crippen molar-refractivity contribution in [3.05, 3.63) is 29.2 Å². The fourth-order valence-electron chi connectivity index (χ4n) is 1.59. The van der Waals surface area contributed by atoms with Gasteiger partial charge >= 0.3 is 0 Å². The summed E-state index contributed by atoms with van der Waals surface area (Å²) in [5.41, 5.74) is 6.49. The highest BCUT2D eigenvalue weighted by molar-refractivity contribution is 7.71. The van der Waals surface area contributed by atoms with Gasteiger partial charge in [-0.2, -0.15) is 0 Å². The lowest BCUT2D eigenvalue weighted by Crippen LogP contribution is -2.15. The molecule has 0 saturated heterocycles. The van der Waals surface area contributed by atoms with E-state index in [0.29, 0.717) is 17.2 Å². The fraction of sp³-hybridized carbons (Fsp3) is 0.400. The number of ether oxygens (including phenoxy) is 1. The Morgan fingerprint density at radius 1 is 1.73 bits per heavy atom. The largest absolute Gasteiger partial charge is 0.385 e. The average Bonchev–Trinajstić information content (AvgIpc) is 2.96. The van der Waals surface area contributed by atoms with Crippen LogP contribution in [0.15, 0.2) is 18.9 Å². The maximum Gasteiger partial charge on any atom is 0.198 e. The molecule has 1 heterocycles. The monoisotopic (exact) mass is 223 g/mol. The smallest absolute Gasteiger partial charge is 0.198 e. The van der Waals surface area contributed by atoms with Crippen LogP contribution in [-0.4, -0.2) is 16.6 Å². The van der Waals surface area contributed by atoms with E-state index in [-0.39, 0.29) is 5.60 Å². The number of hydrogen-bond donors (Lipinski definition) is 2. The van der Waals surface area contributed by atoms with Crippen molar-refractivity contribution in [3.8, 4) is 0 Å². The van der Waals surface area contributed by atoms with Crippen LogP contribution >= 0.6 is 12.2 Å². The molecule has 0 aromatic carbocycles. The number of nitrogens with zero attached hydrogens (tertiary/aromatic N) is 1. The number of hydrogen-bond acceptors (Lipinski definition) is 4. The van der Waals surface area contributed by atoms with Crippen LogP contribution in [0.4, 0.5) is 5.82 Å². The number of rotatable bonds is 4. The minimum atomic E-state index is -0.259. The molecule has 0 spiro atoms. The summed E-state index contributed by atoms with van der Waals surface area (Å²) in [6, 6.07) is 0. The van der Waals surface area contributed by atoms with Gasteiger partial charge < -0.3 is 15.5 Å². The fourth-order valence-corrected chi connectivity index (χ4v) is 1.76. The van der Waals surface area contributed by atoms with E-state index >= 15 is 0 Å². The number of anilines is 1. The van der Waals surface area contributed by atoms with Crippen molar-refractivity contribution in [2.75, 3.05) is 12.3 Å². The lowest BCUT2D eigenvalue weighted by atomic mass is 10.1. The molecule has 0 aliphatic heterocycles. The highest BCUT2D eigenvalue weighted by Gasteiger charge is 2.47. The van der Waals surface area contributed by atoms with Crippen LogP contribution in [0.5, 0.6) is 0 Å². The van der Waals surface area contributed by atoms with Gasteiger partial charge in [0.25, 0.3) is 0 Å². The summed E-state index contributed by atoms with van der Waals surface area (Å²) in [5.74, 6) is 0.552. The van der Waals surface area contributed by atoms with Crippen LogP contribution in [0.1, 0.15) is 18.4 Å². The molecule has 1 aliphatic carbocycles. The normalized spacial score (nSPS) is 17.3. The first-order valence-electron chi connectivity index (χ1n) is 4.78. The van der Waals surface area contributed by atoms with E-state index in [9.17, 15) is 0 Å². The molecule has 5 heteroatoms. The SMILES string of the molecule is C=CCOC1(c2cnc(=S)[nH]c2N)CC1. The van der Waals surface area contributed by atoms with Crippen LogP contribution in [0, 0.1) is 4.77 Å². The predicted molar refractivity (Wildman–Crippen MR) is 60.9 cm³/mol. The Labute approximate surface area is 93.2 Å². The Morgan fingerprint density at radius 2 is 2.47 bits per heavy atom. The van der Waals surface area contributed by atoms with Crippen LogP contribution in [0.2, 0.25) is 0 Å². The molecule has 0 unspecified atom stereocenters. The van der Waals surface area contributed by atoms with E-state index < -0.39 is 0 Å². The van der Waals surface area contributed by atoms with Gasteiger partial charge in [-0.15, -0.1) is 6.58 Å². The van der Waals surface area contributed by atoms with Gasteiger partial charge in [0.1, 0.15) is 5.82 Å². The van der Waals surface area contributed by atoms with Crippen molar-refractivity contribution in [2.24, 2.45) is 0 Å². The first-order valence-corrected chi connectivity index (χ1v) is 5.19. The van der Waals surface area contributed by atoms with Gasteiger partial charge in [-0.1, -0.05) is 6.08 Å². The average molecular weight is 223 g/mol. The van der Waals surface area contributed by atoms with Crippen LogP contribution in [0.25, 0.3) is 0 Å². The molecule has 1 aromatic rings. The minimum absolute atomic E-state index is 0.259. The van der Waals surface area contributed by atoms with Gasteiger partial charge in [0, 0.05) is 11.8 Å². The van der Waals surface area contributed by atoms with E-state index in [1.54, 1.807) is 12.3 Å². The molecule has 0 atom stereocenters. The van der Waals surface area contributed by atoms with Crippen LogP contribution in [0.3, 0.4) is 0 Å². The van der Waals surface area contributed by atoms with E-state index in [0.717, 1.165) is 18.4 Å². The molecule has 1 saturated carbocycles. The second-order valence-corrected chi connectivity index (χ2v) is 4.00. The maximum atomic E-state index is 5.85. The molecule has 4 nitrogen and oxygen atoms in total. The van der Waals surface area contributed by atoms with Crippen molar-refractivity contribution >= 4 is 18.0 Å². The third kappa shape index (κ3) is 1.93. The predicted octanol–water partition coefficient (Wildman–Crippen LogP) is 1.91. The zero-order chi connectivity index (χ0) is 10.9. The van der Waals surface area contributed by atoms with E-state index in [1.165, 1.54) is 0 Å². The first kappa shape index (κ1) is 10.3. The number of nitrogen functional groups attached to an aromatic ring is 1. The Bertz CT molecular complexity index is 437. The maximum absolute atomic E-state index is 5.85. The third-order valence-corrected chi connectivity index (χ3v) is 2.72. The number of nitrogens with two attached hydrogens (primary N) is 1. The van der Waals surface area contributed by atoms with Gasteiger partial charge in [0.05, 0.1) is 12.2 Å². The Balaban J connectivity index is 2.29. The molecular weight excluding hydrogens is 210 g/mol. The molecule has 3 N–H and O–H groups in total. The molecule has 1 aromatic heterocycles. The summed E-state index contributed by atoms with van der Waals surface area (Å²) in [6.07, 6.45) is 5.37. The number of aromatic amines is 1. The van der Waals surface area contributed by atoms with Gasteiger partial charge in [-0.25, -0.2) is 4.98 Å². The number of H-pyrrole nitrogens is 1.